The van der Waals surface area contributed by atoms with E-state index in [0.29, 0.717) is 19.7 Å². The molecular weight excluding hydrogens is 298 g/mol. The van der Waals surface area contributed by atoms with E-state index in [4.69, 9.17) is 24.1 Å². The third kappa shape index (κ3) is 4.09. The first-order valence-electron chi connectivity index (χ1n) is 8.07. The van der Waals surface area contributed by atoms with Gasteiger partial charge in [0.25, 0.3) is 0 Å². The molecule has 0 saturated carbocycles. The van der Waals surface area contributed by atoms with Crippen molar-refractivity contribution in [3.05, 3.63) is 35.9 Å². The van der Waals surface area contributed by atoms with Crippen LogP contribution < -0.4 is 5.32 Å². The molecule has 4 atom stereocenters. The van der Waals surface area contributed by atoms with Gasteiger partial charge >= 0.3 is 0 Å². The van der Waals surface area contributed by atoms with Crippen LogP contribution in [0.15, 0.2) is 30.3 Å². The number of aliphatic hydroxyl groups excluding tert-OH is 1. The van der Waals surface area contributed by atoms with Crippen LogP contribution in [0.5, 0.6) is 0 Å². The molecule has 1 aromatic rings. The molecular formula is C17H25NO5. The van der Waals surface area contributed by atoms with Crippen molar-refractivity contribution in [1.82, 2.24) is 5.32 Å². The molecule has 2 heterocycles. The Hall–Kier alpha value is -1.02. The maximum absolute atomic E-state index is 8.89. The Balaban J connectivity index is 1.61. The van der Waals surface area contributed by atoms with Crippen molar-refractivity contribution in [2.75, 3.05) is 19.7 Å². The van der Waals surface area contributed by atoms with E-state index in [2.05, 4.69) is 5.32 Å². The second kappa shape index (κ2) is 7.25. The van der Waals surface area contributed by atoms with Gasteiger partial charge in [0.15, 0.2) is 12.1 Å². The molecule has 2 saturated heterocycles. The van der Waals surface area contributed by atoms with Gasteiger partial charge in [0.05, 0.1) is 13.2 Å². The lowest BCUT2D eigenvalue weighted by atomic mass is 10.1. The molecule has 0 aromatic heterocycles. The molecule has 0 radical (unpaired) electrons. The van der Waals surface area contributed by atoms with Gasteiger partial charge in [-0.3, -0.25) is 0 Å². The van der Waals surface area contributed by atoms with Gasteiger partial charge in [-0.15, -0.1) is 0 Å². The first kappa shape index (κ1) is 16.8. The molecule has 2 aliphatic rings. The molecule has 0 bridgehead atoms. The van der Waals surface area contributed by atoms with Crippen molar-refractivity contribution in [2.45, 2.75) is 50.8 Å². The first-order chi connectivity index (χ1) is 11.1. The van der Waals surface area contributed by atoms with Crippen molar-refractivity contribution in [3.8, 4) is 0 Å². The molecule has 6 nitrogen and oxygen atoms in total. The van der Waals surface area contributed by atoms with Gasteiger partial charge in [0.1, 0.15) is 18.3 Å². The number of hydrogen-bond acceptors (Lipinski definition) is 6. The first-order valence-corrected chi connectivity index (χ1v) is 8.07. The van der Waals surface area contributed by atoms with Crippen molar-refractivity contribution >= 4 is 0 Å². The van der Waals surface area contributed by atoms with Crippen LogP contribution in [0.3, 0.4) is 0 Å². The normalized spacial score (nSPS) is 32.1. The largest absolute Gasteiger partial charge is 0.395 e. The highest BCUT2D eigenvalue weighted by atomic mass is 16.8. The number of fused-ring (bicyclic) bond motifs is 1. The molecule has 23 heavy (non-hydrogen) atoms. The van der Waals surface area contributed by atoms with Crippen LogP contribution in [0.1, 0.15) is 19.4 Å². The fourth-order valence-electron chi connectivity index (χ4n) is 3.02. The second-order valence-electron chi connectivity index (χ2n) is 6.33. The highest BCUT2D eigenvalue weighted by Crippen LogP contribution is 2.39. The Labute approximate surface area is 136 Å². The van der Waals surface area contributed by atoms with Crippen LogP contribution in [0, 0.1) is 0 Å². The lowest BCUT2D eigenvalue weighted by molar-refractivity contribution is -0.235. The zero-order chi connectivity index (χ0) is 16.3. The van der Waals surface area contributed by atoms with Crippen molar-refractivity contribution < 1.29 is 24.1 Å². The molecule has 3 rings (SSSR count). The van der Waals surface area contributed by atoms with Crippen LogP contribution in [0.2, 0.25) is 0 Å². The number of benzene rings is 1. The van der Waals surface area contributed by atoms with Gasteiger partial charge in [-0.05, 0) is 19.4 Å². The van der Waals surface area contributed by atoms with Crippen LogP contribution >= 0.6 is 0 Å². The van der Waals surface area contributed by atoms with Crippen LogP contribution in [-0.4, -0.2) is 55.2 Å². The van der Waals surface area contributed by atoms with E-state index in [1.807, 2.05) is 44.2 Å². The van der Waals surface area contributed by atoms with Crippen LogP contribution in [-0.2, 0) is 25.6 Å². The van der Waals surface area contributed by atoms with Crippen molar-refractivity contribution in [2.24, 2.45) is 0 Å². The molecule has 0 amide bonds. The smallest absolute Gasteiger partial charge is 0.187 e. The van der Waals surface area contributed by atoms with Gasteiger partial charge in [0, 0.05) is 13.1 Å². The maximum Gasteiger partial charge on any atom is 0.187 e. The van der Waals surface area contributed by atoms with Gasteiger partial charge < -0.3 is 29.4 Å². The quantitative estimate of drug-likeness (QED) is 0.731. The summed E-state index contributed by atoms with van der Waals surface area (Å²) in [5.74, 6) is -0.636. The highest BCUT2D eigenvalue weighted by molar-refractivity contribution is 5.13. The molecule has 4 unspecified atom stereocenters. The number of ether oxygens (including phenoxy) is 4. The topological polar surface area (TPSA) is 69.2 Å². The molecule has 0 aliphatic carbocycles. The Morgan fingerprint density at radius 3 is 2.65 bits per heavy atom. The lowest BCUT2D eigenvalue weighted by Crippen LogP contribution is -2.38. The summed E-state index contributed by atoms with van der Waals surface area (Å²) < 4.78 is 23.8. The summed E-state index contributed by atoms with van der Waals surface area (Å²) in [7, 11) is 0. The zero-order valence-electron chi connectivity index (χ0n) is 13.6. The summed E-state index contributed by atoms with van der Waals surface area (Å²) in [5.41, 5.74) is 1.09. The summed E-state index contributed by atoms with van der Waals surface area (Å²) in [4.78, 5) is 0. The minimum atomic E-state index is -0.636. The van der Waals surface area contributed by atoms with Crippen molar-refractivity contribution in [3.63, 3.8) is 0 Å². The highest BCUT2D eigenvalue weighted by Gasteiger charge is 2.55. The number of rotatable bonds is 7. The summed E-state index contributed by atoms with van der Waals surface area (Å²) >= 11 is 0. The molecule has 0 spiro atoms. The lowest BCUT2D eigenvalue weighted by Gasteiger charge is -2.24. The number of aliphatic hydroxyl groups is 1. The minimum absolute atomic E-state index is 0.0948. The van der Waals surface area contributed by atoms with E-state index in [1.165, 1.54) is 0 Å². The Morgan fingerprint density at radius 1 is 1.17 bits per heavy atom. The molecule has 2 N–H and O–H groups in total. The zero-order valence-corrected chi connectivity index (χ0v) is 13.6. The Bertz CT molecular complexity index is 495. The van der Waals surface area contributed by atoms with E-state index in [1.54, 1.807) is 0 Å². The van der Waals surface area contributed by atoms with Crippen molar-refractivity contribution in [1.29, 1.82) is 0 Å². The summed E-state index contributed by atoms with van der Waals surface area (Å²) in [6.07, 6.45) is -1.02. The van der Waals surface area contributed by atoms with Gasteiger partial charge in [-0.1, -0.05) is 30.3 Å². The fraction of sp³-hybridized carbons (Fsp3) is 0.647. The van der Waals surface area contributed by atoms with E-state index in [9.17, 15) is 0 Å². The second-order valence-corrected chi connectivity index (χ2v) is 6.33. The summed E-state index contributed by atoms with van der Waals surface area (Å²) in [6, 6.07) is 9.98. The number of hydrogen-bond donors (Lipinski definition) is 2. The predicted octanol–water partition coefficient (Wildman–Crippen LogP) is 1.03. The SMILES string of the molecule is CC1(C)OC2C(CNCCO)OC(OCc3ccccc3)C2O1. The van der Waals surface area contributed by atoms with Gasteiger partial charge in [0.2, 0.25) is 0 Å². The minimum Gasteiger partial charge on any atom is -0.395 e. The standard InChI is InChI=1S/C17H25NO5/c1-17(2)22-14-13(10-18-8-9-19)21-16(15(14)23-17)20-11-12-6-4-3-5-7-12/h3-7,13-16,18-19H,8-11H2,1-2H3. The Morgan fingerprint density at radius 2 is 1.91 bits per heavy atom. The molecule has 6 heteroatoms. The summed E-state index contributed by atoms with van der Waals surface area (Å²) in [6.45, 7) is 5.48. The monoisotopic (exact) mass is 323 g/mol. The Kier molecular flexibility index (Phi) is 5.31. The molecule has 2 fully saturated rings. The van der Waals surface area contributed by atoms with Crippen LogP contribution in [0.25, 0.3) is 0 Å². The van der Waals surface area contributed by atoms with E-state index < -0.39 is 12.1 Å². The van der Waals surface area contributed by atoms with E-state index in [0.717, 1.165) is 5.56 Å². The van der Waals surface area contributed by atoms with Crippen LogP contribution in [0.4, 0.5) is 0 Å². The van der Waals surface area contributed by atoms with E-state index in [-0.39, 0.29) is 24.9 Å². The number of nitrogens with one attached hydrogen (secondary N) is 1. The van der Waals surface area contributed by atoms with Gasteiger partial charge in [-0.2, -0.15) is 0 Å². The third-order valence-electron chi connectivity index (χ3n) is 4.00. The maximum atomic E-state index is 8.89. The molecule has 1 aromatic carbocycles. The third-order valence-corrected chi connectivity index (χ3v) is 4.00. The average Bonchev–Trinajstić information content (AvgIpc) is 3.01. The fourth-order valence-corrected chi connectivity index (χ4v) is 3.02. The summed E-state index contributed by atoms with van der Waals surface area (Å²) in [5, 5.41) is 12.0. The molecule has 128 valence electrons. The average molecular weight is 323 g/mol. The molecule has 2 aliphatic heterocycles. The van der Waals surface area contributed by atoms with Gasteiger partial charge in [-0.25, -0.2) is 0 Å². The predicted molar refractivity (Wildman–Crippen MR) is 83.7 cm³/mol. The van der Waals surface area contributed by atoms with E-state index >= 15 is 0 Å².